The quantitative estimate of drug-likeness (QED) is 0.678. The molecule has 2 aromatic carbocycles. The normalized spacial score (nSPS) is 19.2. The van der Waals surface area contributed by atoms with Crippen LogP contribution < -0.4 is 4.90 Å². The lowest BCUT2D eigenvalue weighted by atomic mass is 9.93. The van der Waals surface area contributed by atoms with E-state index in [1.165, 1.54) is 0 Å². The molecule has 174 valence electrons. The van der Waals surface area contributed by atoms with Gasteiger partial charge in [0.2, 0.25) is 17.7 Å². The predicted molar refractivity (Wildman–Crippen MR) is 128 cm³/mol. The maximum absolute atomic E-state index is 13.3. The molecular formula is C27H33N3O3. The highest BCUT2D eigenvalue weighted by atomic mass is 16.2. The Morgan fingerprint density at radius 2 is 1.55 bits per heavy atom. The molecule has 1 unspecified atom stereocenters. The number of piperidine rings is 1. The first-order valence-electron chi connectivity index (χ1n) is 11.9. The molecule has 2 aliphatic rings. The minimum Gasteiger partial charge on any atom is -0.342 e. The summed E-state index contributed by atoms with van der Waals surface area (Å²) >= 11 is 0. The molecule has 0 radical (unpaired) electrons. The van der Waals surface area contributed by atoms with Crippen LogP contribution in [0, 0.1) is 11.8 Å². The van der Waals surface area contributed by atoms with E-state index in [-0.39, 0.29) is 42.0 Å². The van der Waals surface area contributed by atoms with E-state index < -0.39 is 0 Å². The smallest absolute Gasteiger partial charge is 0.228 e. The Balaban J connectivity index is 1.33. The summed E-state index contributed by atoms with van der Waals surface area (Å²) in [6.07, 6.45) is 1.60. The fraction of sp³-hybridized carbons (Fsp3) is 0.444. The number of nitrogens with zero attached hydrogens (tertiary/aromatic N) is 3. The minimum atomic E-state index is -0.310. The third-order valence-corrected chi connectivity index (χ3v) is 6.80. The van der Waals surface area contributed by atoms with Gasteiger partial charge in [-0.15, -0.1) is 0 Å². The Morgan fingerprint density at radius 1 is 0.939 bits per heavy atom. The van der Waals surface area contributed by atoms with Gasteiger partial charge in [-0.1, -0.05) is 48.5 Å². The second-order valence-corrected chi connectivity index (χ2v) is 9.39. The zero-order valence-corrected chi connectivity index (χ0v) is 19.5. The van der Waals surface area contributed by atoms with Gasteiger partial charge >= 0.3 is 0 Å². The molecule has 0 bridgehead atoms. The zero-order valence-electron chi connectivity index (χ0n) is 19.5. The van der Waals surface area contributed by atoms with Gasteiger partial charge in [0.1, 0.15) is 0 Å². The van der Waals surface area contributed by atoms with Gasteiger partial charge in [0, 0.05) is 50.2 Å². The van der Waals surface area contributed by atoms with Crippen molar-refractivity contribution in [1.29, 1.82) is 0 Å². The molecule has 2 aliphatic heterocycles. The predicted octanol–water partition coefficient (Wildman–Crippen LogP) is 3.72. The molecule has 6 heteroatoms. The number of benzene rings is 2. The van der Waals surface area contributed by atoms with Crippen LogP contribution >= 0.6 is 0 Å². The fourth-order valence-electron chi connectivity index (χ4n) is 4.87. The van der Waals surface area contributed by atoms with Crippen molar-refractivity contribution in [2.45, 2.75) is 45.7 Å². The van der Waals surface area contributed by atoms with Crippen molar-refractivity contribution in [3.8, 4) is 0 Å². The second-order valence-electron chi connectivity index (χ2n) is 9.39. The number of hydrogen-bond acceptors (Lipinski definition) is 3. The average molecular weight is 448 g/mol. The van der Waals surface area contributed by atoms with Crippen LogP contribution in [-0.4, -0.2) is 53.2 Å². The third-order valence-electron chi connectivity index (χ3n) is 6.80. The van der Waals surface area contributed by atoms with E-state index in [0.717, 1.165) is 11.3 Å². The Hall–Kier alpha value is -3.15. The molecule has 0 saturated carbocycles. The van der Waals surface area contributed by atoms with Crippen molar-refractivity contribution < 1.29 is 14.4 Å². The van der Waals surface area contributed by atoms with E-state index in [1.54, 1.807) is 4.90 Å². The van der Waals surface area contributed by atoms with Gasteiger partial charge in [0.25, 0.3) is 0 Å². The molecule has 2 aromatic rings. The van der Waals surface area contributed by atoms with Gasteiger partial charge in [-0.25, -0.2) is 0 Å². The molecule has 0 aliphatic carbocycles. The minimum absolute atomic E-state index is 0.00176. The molecule has 2 fully saturated rings. The van der Waals surface area contributed by atoms with Crippen LogP contribution in [0.25, 0.3) is 0 Å². The summed E-state index contributed by atoms with van der Waals surface area (Å²) in [7, 11) is 0. The highest BCUT2D eigenvalue weighted by molar-refractivity contribution is 6.00. The van der Waals surface area contributed by atoms with Crippen LogP contribution in [0.2, 0.25) is 0 Å². The maximum Gasteiger partial charge on any atom is 0.228 e. The summed E-state index contributed by atoms with van der Waals surface area (Å²) < 4.78 is 0. The van der Waals surface area contributed by atoms with Crippen molar-refractivity contribution in [2.24, 2.45) is 11.8 Å². The van der Waals surface area contributed by atoms with E-state index in [1.807, 2.05) is 70.5 Å². The monoisotopic (exact) mass is 447 g/mol. The Labute approximate surface area is 196 Å². The van der Waals surface area contributed by atoms with Gasteiger partial charge in [0.15, 0.2) is 0 Å². The van der Waals surface area contributed by atoms with Crippen molar-refractivity contribution in [3.63, 3.8) is 0 Å². The van der Waals surface area contributed by atoms with Crippen molar-refractivity contribution in [3.05, 3.63) is 66.2 Å². The number of carbonyl (C=O) groups is 3. The first-order valence-corrected chi connectivity index (χ1v) is 11.9. The number of carbonyl (C=O) groups excluding carboxylic acids is 3. The molecular weight excluding hydrogens is 414 g/mol. The van der Waals surface area contributed by atoms with Gasteiger partial charge in [-0.05, 0) is 44.4 Å². The summed E-state index contributed by atoms with van der Waals surface area (Å²) in [5.41, 5.74) is 1.97. The molecule has 2 saturated heterocycles. The van der Waals surface area contributed by atoms with Crippen LogP contribution in [-0.2, 0) is 20.9 Å². The highest BCUT2D eigenvalue weighted by Crippen LogP contribution is 2.28. The van der Waals surface area contributed by atoms with Crippen LogP contribution in [0.1, 0.15) is 38.7 Å². The number of amides is 3. The first kappa shape index (κ1) is 23.0. The molecule has 6 nitrogen and oxygen atoms in total. The highest BCUT2D eigenvalue weighted by Gasteiger charge is 2.39. The topological polar surface area (TPSA) is 60.9 Å². The molecule has 0 aromatic heterocycles. The molecule has 4 rings (SSSR count). The Bertz CT molecular complexity index is 969. The molecule has 1 atom stereocenters. The van der Waals surface area contributed by atoms with Crippen molar-refractivity contribution in [2.75, 3.05) is 24.5 Å². The Kier molecular flexibility index (Phi) is 7.11. The lowest BCUT2D eigenvalue weighted by Crippen LogP contribution is -2.47. The Morgan fingerprint density at radius 3 is 2.15 bits per heavy atom. The molecule has 0 N–H and O–H groups in total. The van der Waals surface area contributed by atoms with Crippen molar-refractivity contribution >= 4 is 23.4 Å². The number of likely N-dealkylation sites (tertiary alicyclic amines) is 1. The van der Waals surface area contributed by atoms with Crippen molar-refractivity contribution in [1.82, 2.24) is 9.80 Å². The lowest BCUT2D eigenvalue weighted by Gasteiger charge is -2.36. The van der Waals surface area contributed by atoms with E-state index >= 15 is 0 Å². The van der Waals surface area contributed by atoms with E-state index in [4.69, 9.17) is 0 Å². The second kappa shape index (κ2) is 10.2. The summed E-state index contributed by atoms with van der Waals surface area (Å²) in [5, 5.41) is 0. The molecule has 0 spiro atoms. The average Bonchev–Trinajstić information content (AvgIpc) is 3.24. The molecule has 3 amide bonds. The summed E-state index contributed by atoms with van der Waals surface area (Å²) in [6.45, 7) is 6.28. The summed E-state index contributed by atoms with van der Waals surface area (Å²) in [5.74, 6) is -0.163. The van der Waals surface area contributed by atoms with Gasteiger partial charge in [-0.2, -0.15) is 0 Å². The van der Waals surface area contributed by atoms with Crippen LogP contribution in [0.4, 0.5) is 5.69 Å². The summed E-state index contributed by atoms with van der Waals surface area (Å²) in [6, 6.07) is 19.7. The fourth-order valence-corrected chi connectivity index (χ4v) is 4.87. The van der Waals surface area contributed by atoms with E-state index in [2.05, 4.69) is 13.8 Å². The van der Waals surface area contributed by atoms with Crippen LogP contribution in [0.15, 0.2) is 60.7 Å². The molecule has 33 heavy (non-hydrogen) atoms. The standard InChI is InChI=1S/C27H33N3O3/c1-20(2)29(18-21-9-5-3-6-10-21)27(33)22-13-15-28(16-14-22)26(32)23-17-25(31)30(19-23)24-11-7-4-8-12-24/h3-12,20,22-23H,13-19H2,1-2H3. The third kappa shape index (κ3) is 5.27. The molecule has 2 heterocycles. The number of hydrogen-bond donors (Lipinski definition) is 0. The first-order chi connectivity index (χ1) is 15.9. The lowest BCUT2D eigenvalue weighted by molar-refractivity contribution is -0.144. The number of anilines is 1. The van der Waals surface area contributed by atoms with E-state index in [0.29, 0.717) is 39.0 Å². The van der Waals surface area contributed by atoms with Gasteiger partial charge in [0.05, 0.1) is 5.92 Å². The summed E-state index contributed by atoms with van der Waals surface area (Å²) in [4.78, 5) is 44.4. The maximum atomic E-state index is 13.3. The van der Waals surface area contributed by atoms with Gasteiger partial charge < -0.3 is 14.7 Å². The van der Waals surface area contributed by atoms with Gasteiger partial charge in [-0.3, -0.25) is 14.4 Å². The zero-order chi connectivity index (χ0) is 23.4. The van der Waals surface area contributed by atoms with E-state index in [9.17, 15) is 14.4 Å². The van der Waals surface area contributed by atoms with Crippen LogP contribution in [0.5, 0.6) is 0 Å². The largest absolute Gasteiger partial charge is 0.342 e. The van der Waals surface area contributed by atoms with Crippen LogP contribution in [0.3, 0.4) is 0 Å². The number of rotatable bonds is 6. The number of para-hydroxylation sites is 1. The SMILES string of the molecule is CC(C)N(Cc1ccccc1)C(=O)C1CCN(C(=O)C2CC(=O)N(c3ccccc3)C2)CC1.